The van der Waals surface area contributed by atoms with Gasteiger partial charge < -0.3 is 5.32 Å². The van der Waals surface area contributed by atoms with Gasteiger partial charge in [0.2, 0.25) is 10.0 Å². The third-order valence-corrected chi connectivity index (χ3v) is 6.70. The summed E-state index contributed by atoms with van der Waals surface area (Å²) in [4.78, 5) is 11.9. The zero-order valence-electron chi connectivity index (χ0n) is 15.4. The molecule has 0 radical (unpaired) electrons. The minimum Gasteiger partial charge on any atom is -0.352 e. The number of nitrogens with one attached hydrogen (secondary N) is 1. The van der Waals surface area contributed by atoms with E-state index in [2.05, 4.69) is 11.4 Å². The Kier molecular flexibility index (Phi) is 7.34. The maximum Gasteiger partial charge on any atom is 0.251 e. The second-order valence-electron chi connectivity index (χ2n) is 6.35. The fraction of sp³-hybridized carbons (Fsp3) is 0.526. The summed E-state index contributed by atoms with van der Waals surface area (Å²) >= 11 is 0. The van der Waals surface area contributed by atoms with Gasteiger partial charge in [-0.2, -0.15) is 4.31 Å². The normalized spacial score (nSPS) is 15.0. The summed E-state index contributed by atoms with van der Waals surface area (Å²) in [6.07, 6.45) is 7.58. The Morgan fingerprint density at radius 3 is 2.58 bits per heavy atom. The predicted octanol–water partition coefficient (Wildman–Crippen LogP) is 3.48. The van der Waals surface area contributed by atoms with Crippen LogP contribution in [0.15, 0.2) is 34.7 Å². The molecule has 1 aliphatic carbocycles. The predicted molar refractivity (Wildman–Crippen MR) is 100 cm³/mol. The summed E-state index contributed by atoms with van der Waals surface area (Å²) in [5.41, 5.74) is 1.50. The average Bonchev–Trinajstić information content (AvgIpc) is 2.63. The molecule has 0 saturated heterocycles. The van der Waals surface area contributed by atoms with Gasteiger partial charge in [0.1, 0.15) is 10.7 Å². The van der Waals surface area contributed by atoms with Gasteiger partial charge in [0, 0.05) is 25.2 Å². The van der Waals surface area contributed by atoms with Crippen LogP contribution in [0.25, 0.3) is 0 Å². The standard InChI is InChI=1S/C19H27FN2O3S/c1-3-22(4-2)26(24,25)18-14-16(10-11-17(18)20)19(23)21-13-12-15-8-6-5-7-9-15/h8,10-11,14H,3-7,9,12-13H2,1-2H3,(H,21,23). The fourth-order valence-electron chi connectivity index (χ4n) is 3.12. The maximum absolute atomic E-state index is 14.1. The molecule has 0 spiro atoms. The van der Waals surface area contributed by atoms with Crippen LogP contribution in [0.2, 0.25) is 0 Å². The molecule has 0 aromatic heterocycles. The van der Waals surface area contributed by atoms with Gasteiger partial charge in [-0.3, -0.25) is 4.79 Å². The number of hydrogen-bond donors (Lipinski definition) is 1. The fourth-order valence-corrected chi connectivity index (χ4v) is 4.66. The Bertz CT molecular complexity index is 771. The first-order valence-corrected chi connectivity index (χ1v) is 10.6. The van der Waals surface area contributed by atoms with Crippen LogP contribution in [0.5, 0.6) is 0 Å². The molecular formula is C19H27FN2O3S. The number of carbonyl (C=O) groups excluding carboxylic acids is 1. The minimum absolute atomic E-state index is 0.148. The lowest BCUT2D eigenvalue weighted by Gasteiger charge is -2.19. The van der Waals surface area contributed by atoms with E-state index in [0.717, 1.165) is 31.4 Å². The molecule has 0 atom stereocenters. The van der Waals surface area contributed by atoms with E-state index in [1.165, 1.54) is 28.8 Å². The smallest absolute Gasteiger partial charge is 0.251 e. The van der Waals surface area contributed by atoms with Crippen LogP contribution >= 0.6 is 0 Å². The number of sulfonamides is 1. The highest BCUT2D eigenvalue weighted by Gasteiger charge is 2.26. The van der Waals surface area contributed by atoms with Crippen molar-refractivity contribution < 1.29 is 17.6 Å². The van der Waals surface area contributed by atoms with Crippen LogP contribution in [-0.4, -0.2) is 38.3 Å². The van der Waals surface area contributed by atoms with Crippen molar-refractivity contribution in [3.05, 3.63) is 41.2 Å². The van der Waals surface area contributed by atoms with Crippen LogP contribution in [0.1, 0.15) is 56.3 Å². The van der Waals surface area contributed by atoms with Crippen LogP contribution in [-0.2, 0) is 10.0 Å². The summed E-state index contributed by atoms with van der Waals surface area (Å²) in [6, 6.07) is 3.47. The molecule has 144 valence electrons. The van der Waals surface area contributed by atoms with Gasteiger partial charge in [0.15, 0.2) is 0 Å². The SMILES string of the molecule is CCN(CC)S(=O)(=O)c1cc(C(=O)NCCC2=CCCCC2)ccc1F. The van der Waals surface area contributed by atoms with Crippen molar-refractivity contribution in [3.63, 3.8) is 0 Å². The molecule has 0 aliphatic heterocycles. The van der Waals surface area contributed by atoms with E-state index in [0.29, 0.717) is 6.54 Å². The van der Waals surface area contributed by atoms with Crippen molar-refractivity contribution in [2.75, 3.05) is 19.6 Å². The lowest BCUT2D eigenvalue weighted by molar-refractivity contribution is 0.0953. The summed E-state index contributed by atoms with van der Waals surface area (Å²) in [5.74, 6) is -1.24. The molecule has 0 unspecified atom stereocenters. The molecule has 5 nitrogen and oxygen atoms in total. The van der Waals surface area contributed by atoms with E-state index < -0.39 is 26.6 Å². The number of allylic oxidation sites excluding steroid dienone is 1. The lowest BCUT2D eigenvalue weighted by atomic mass is 9.97. The molecule has 1 aliphatic rings. The largest absolute Gasteiger partial charge is 0.352 e. The number of amides is 1. The van der Waals surface area contributed by atoms with Gasteiger partial charge in [-0.15, -0.1) is 0 Å². The van der Waals surface area contributed by atoms with Crippen molar-refractivity contribution in [1.82, 2.24) is 9.62 Å². The lowest BCUT2D eigenvalue weighted by Crippen LogP contribution is -2.32. The quantitative estimate of drug-likeness (QED) is 0.700. The molecule has 1 N–H and O–H groups in total. The van der Waals surface area contributed by atoms with Crippen molar-refractivity contribution in [2.45, 2.75) is 50.8 Å². The number of hydrogen-bond acceptors (Lipinski definition) is 3. The van der Waals surface area contributed by atoms with E-state index in [4.69, 9.17) is 0 Å². The topological polar surface area (TPSA) is 66.5 Å². The second-order valence-corrected chi connectivity index (χ2v) is 8.25. The first kappa shape index (κ1) is 20.6. The van der Waals surface area contributed by atoms with Crippen molar-refractivity contribution in [3.8, 4) is 0 Å². The zero-order valence-corrected chi connectivity index (χ0v) is 16.2. The molecule has 7 heteroatoms. The number of halogens is 1. The molecule has 0 fully saturated rings. The number of rotatable bonds is 8. The molecule has 1 aromatic carbocycles. The summed E-state index contributed by atoms with van der Waals surface area (Å²) in [7, 11) is -3.96. The first-order valence-electron chi connectivity index (χ1n) is 9.16. The van der Waals surface area contributed by atoms with E-state index >= 15 is 0 Å². The first-order chi connectivity index (χ1) is 12.4. The Labute approximate surface area is 155 Å². The average molecular weight is 383 g/mol. The Hall–Kier alpha value is -1.73. The molecule has 0 saturated carbocycles. The summed E-state index contributed by atoms with van der Waals surface area (Å²) in [6.45, 7) is 4.35. The highest BCUT2D eigenvalue weighted by atomic mass is 32.2. The molecule has 2 rings (SSSR count). The monoisotopic (exact) mass is 382 g/mol. The third-order valence-electron chi connectivity index (χ3n) is 4.63. The molecule has 0 bridgehead atoms. The van der Waals surface area contributed by atoms with Gasteiger partial charge in [-0.05, 0) is 50.3 Å². The van der Waals surface area contributed by atoms with Gasteiger partial charge in [-0.1, -0.05) is 25.5 Å². The van der Waals surface area contributed by atoms with Crippen LogP contribution < -0.4 is 5.32 Å². The van der Waals surface area contributed by atoms with Gasteiger partial charge >= 0.3 is 0 Å². The number of benzene rings is 1. The van der Waals surface area contributed by atoms with E-state index in [9.17, 15) is 17.6 Å². The Morgan fingerprint density at radius 2 is 1.96 bits per heavy atom. The summed E-state index contributed by atoms with van der Waals surface area (Å²) in [5, 5.41) is 2.79. The zero-order chi connectivity index (χ0) is 19.2. The van der Waals surface area contributed by atoms with E-state index in [1.807, 2.05) is 0 Å². The Balaban J connectivity index is 2.10. The van der Waals surface area contributed by atoms with Crippen LogP contribution in [0.4, 0.5) is 4.39 Å². The summed E-state index contributed by atoms with van der Waals surface area (Å²) < 4.78 is 40.4. The number of carbonyl (C=O) groups is 1. The number of nitrogens with zero attached hydrogens (tertiary/aromatic N) is 1. The highest BCUT2D eigenvalue weighted by Crippen LogP contribution is 2.21. The molecule has 1 aromatic rings. The van der Waals surface area contributed by atoms with Gasteiger partial charge in [0.05, 0.1) is 0 Å². The highest BCUT2D eigenvalue weighted by molar-refractivity contribution is 7.89. The van der Waals surface area contributed by atoms with Gasteiger partial charge in [0.25, 0.3) is 5.91 Å². The molecule has 26 heavy (non-hydrogen) atoms. The molecule has 0 heterocycles. The molecule has 1 amide bonds. The molecular weight excluding hydrogens is 355 g/mol. The third kappa shape index (κ3) is 4.92. The maximum atomic E-state index is 14.1. The second kappa shape index (κ2) is 9.28. The minimum atomic E-state index is -3.96. The van der Waals surface area contributed by atoms with E-state index in [-0.39, 0.29) is 18.7 Å². The van der Waals surface area contributed by atoms with Crippen LogP contribution in [0.3, 0.4) is 0 Å². The van der Waals surface area contributed by atoms with Crippen molar-refractivity contribution in [2.24, 2.45) is 0 Å². The van der Waals surface area contributed by atoms with Crippen LogP contribution in [0, 0.1) is 5.82 Å². The Morgan fingerprint density at radius 1 is 1.23 bits per heavy atom. The van der Waals surface area contributed by atoms with Crippen molar-refractivity contribution >= 4 is 15.9 Å². The van der Waals surface area contributed by atoms with Gasteiger partial charge in [-0.25, -0.2) is 12.8 Å². The van der Waals surface area contributed by atoms with E-state index in [1.54, 1.807) is 13.8 Å². The van der Waals surface area contributed by atoms with Crippen molar-refractivity contribution in [1.29, 1.82) is 0 Å².